The SMILES string of the molecule is O=C1c2ccccc2-c2c1cnc1c(-c3ccccc3)cnn21. The summed E-state index contributed by atoms with van der Waals surface area (Å²) in [6.07, 6.45) is 3.48. The first-order valence-corrected chi connectivity index (χ1v) is 7.41. The molecule has 0 bridgehead atoms. The van der Waals surface area contributed by atoms with Crippen LogP contribution in [0.2, 0.25) is 0 Å². The number of aromatic nitrogens is 3. The number of fused-ring (bicyclic) bond motifs is 5. The average molecular weight is 297 g/mol. The average Bonchev–Trinajstić information content (AvgIpc) is 3.16. The molecule has 4 aromatic rings. The van der Waals surface area contributed by atoms with Gasteiger partial charge >= 0.3 is 0 Å². The summed E-state index contributed by atoms with van der Waals surface area (Å²) in [5.74, 6) is 0.0155. The molecule has 0 aliphatic heterocycles. The molecule has 5 rings (SSSR count). The lowest BCUT2D eigenvalue weighted by Gasteiger charge is -2.04. The van der Waals surface area contributed by atoms with Gasteiger partial charge in [0.05, 0.1) is 17.5 Å². The molecule has 2 aromatic heterocycles. The molecule has 0 saturated carbocycles. The molecule has 0 fully saturated rings. The third-order valence-corrected chi connectivity index (χ3v) is 4.28. The number of carbonyl (C=O) groups is 1. The molecular formula is C19H11N3O. The molecule has 4 heteroatoms. The van der Waals surface area contributed by atoms with Crippen molar-refractivity contribution in [1.29, 1.82) is 0 Å². The van der Waals surface area contributed by atoms with Crippen molar-refractivity contribution in [3.8, 4) is 22.4 Å². The smallest absolute Gasteiger partial charge is 0.197 e. The number of rotatable bonds is 1. The van der Waals surface area contributed by atoms with E-state index < -0.39 is 0 Å². The van der Waals surface area contributed by atoms with Crippen LogP contribution in [0.1, 0.15) is 15.9 Å². The Morgan fingerprint density at radius 2 is 1.48 bits per heavy atom. The van der Waals surface area contributed by atoms with Gasteiger partial charge in [0.25, 0.3) is 0 Å². The maximum atomic E-state index is 12.5. The van der Waals surface area contributed by atoms with Gasteiger partial charge in [0, 0.05) is 22.9 Å². The molecular weight excluding hydrogens is 286 g/mol. The lowest BCUT2D eigenvalue weighted by molar-refractivity contribution is 0.104. The largest absolute Gasteiger partial charge is 0.288 e. The van der Waals surface area contributed by atoms with Gasteiger partial charge < -0.3 is 0 Å². The zero-order valence-electron chi connectivity index (χ0n) is 12.1. The molecule has 2 heterocycles. The fourth-order valence-corrected chi connectivity index (χ4v) is 3.21. The van der Waals surface area contributed by atoms with Crippen LogP contribution in [0.4, 0.5) is 0 Å². The third-order valence-electron chi connectivity index (χ3n) is 4.28. The second-order valence-corrected chi connectivity index (χ2v) is 5.55. The van der Waals surface area contributed by atoms with Crippen molar-refractivity contribution in [1.82, 2.24) is 14.6 Å². The van der Waals surface area contributed by atoms with E-state index in [0.717, 1.165) is 28.0 Å². The van der Waals surface area contributed by atoms with Crippen molar-refractivity contribution in [2.75, 3.05) is 0 Å². The normalized spacial score (nSPS) is 12.4. The van der Waals surface area contributed by atoms with Gasteiger partial charge in [-0.2, -0.15) is 5.10 Å². The number of hydrogen-bond acceptors (Lipinski definition) is 3. The standard InChI is InChI=1S/C19H11N3O/c23-18-14-9-5-4-8-13(14)17-16(18)10-20-19-15(11-21-22(17)19)12-6-2-1-3-7-12/h1-11H. The number of ketones is 1. The first-order valence-electron chi connectivity index (χ1n) is 7.41. The number of carbonyl (C=O) groups excluding carboxylic acids is 1. The van der Waals surface area contributed by atoms with Crippen LogP contribution in [-0.4, -0.2) is 20.4 Å². The maximum absolute atomic E-state index is 12.5. The topological polar surface area (TPSA) is 47.3 Å². The van der Waals surface area contributed by atoms with Crippen LogP contribution in [0.25, 0.3) is 28.0 Å². The summed E-state index contributed by atoms with van der Waals surface area (Å²) in [5.41, 5.74) is 5.87. The summed E-state index contributed by atoms with van der Waals surface area (Å²) in [4.78, 5) is 17.0. The number of benzene rings is 2. The van der Waals surface area contributed by atoms with Crippen LogP contribution in [0.15, 0.2) is 67.0 Å². The van der Waals surface area contributed by atoms with E-state index in [1.54, 1.807) is 10.7 Å². The first-order chi connectivity index (χ1) is 11.3. The molecule has 4 nitrogen and oxygen atoms in total. The zero-order valence-corrected chi connectivity index (χ0v) is 12.1. The fraction of sp³-hybridized carbons (Fsp3) is 0. The second-order valence-electron chi connectivity index (χ2n) is 5.55. The highest BCUT2D eigenvalue weighted by Gasteiger charge is 2.30. The van der Waals surface area contributed by atoms with Crippen molar-refractivity contribution >= 4 is 11.4 Å². The molecule has 0 radical (unpaired) electrons. The van der Waals surface area contributed by atoms with E-state index in [1.807, 2.05) is 60.8 Å². The van der Waals surface area contributed by atoms with Crippen molar-refractivity contribution in [3.63, 3.8) is 0 Å². The lowest BCUT2D eigenvalue weighted by Crippen LogP contribution is -2.00. The van der Waals surface area contributed by atoms with Crippen LogP contribution in [-0.2, 0) is 0 Å². The van der Waals surface area contributed by atoms with E-state index >= 15 is 0 Å². The van der Waals surface area contributed by atoms with Crippen LogP contribution in [0, 0.1) is 0 Å². The van der Waals surface area contributed by atoms with Gasteiger partial charge in [-0.15, -0.1) is 0 Å². The Labute approximate surface area is 132 Å². The van der Waals surface area contributed by atoms with E-state index in [4.69, 9.17) is 0 Å². The van der Waals surface area contributed by atoms with Crippen molar-refractivity contribution in [3.05, 3.63) is 78.1 Å². The summed E-state index contributed by atoms with van der Waals surface area (Å²) in [7, 11) is 0. The van der Waals surface area contributed by atoms with E-state index in [-0.39, 0.29) is 5.78 Å². The molecule has 0 unspecified atom stereocenters. The molecule has 1 aliphatic rings. The summed E-state index contributed by atoms with van der Waals surface area (Å²) in [6, 6.07) is 17.7. The predicted molar refractivity (Wildman–Crippen MR) is 87.3 cm³/mol. The molecule has 1 aliphatic carbocycles. The van der Waals surface area contributed by atoms with E-state index in [0.29, 0.717) is 11.1 Å². The van der Waals surface area contributed by atoms with Crippen LogP contribution < -0.4 is 0 Å². The monoisotopic (exact) mass is 297 g/mol. The molecule has 0 saturated heterocycles. The van der Waals surface area contributed by atoms with Gasteiger partial charge in [-0.3, -0.25) is 4.79 Å². The minimum atomic E-state index is 0.0155. The third kappa shape index (κ3) is 1.57. The number of hydrogen-bond donors (Lipinski definition) is 0. The Bertz CT molecular complexity index is 1080. The predicted octanol–water partition coefficient (Wildman–Crippen LogP) is 3.61. The van der Waals surface area contributed by atoms with Crippen molar-refractivity contribution in [2.24, 2.45) is 0 Å². The Balaban J connectivity index is 1.85. The maximum Gasteiger partial charge on any atom is 0.197 e. The Morgan fingerprint density at radius 3 is 2.30 bits per heavy atom. The van der Waals surface area contributed by atoms with Crippen molar-refractivity contribution in [2.45, 2.75) is 0 Å². The summed E-state index contributed by atoms with van der Waals surface area (Å²) < 4.78 is 1.78. The molecule has 0 spiro atoms. The van der Waals surface area contributed by atoms with Gasteiger partial charge in [-0.25, -0.2) is 9.50 Å². The fourth-order valence-electron chi connectivity index (χ4n) is 3.21. The van der Waals surface area contributed by atoms with Crippen LogP contribution in [0.3, 0.4) is 0 Å². The highest BCUT2D eigenvalue weighted by molar-refractivity contribution is 6.21. The van der Waals surface area contributed by atoms with Gasteiger partial charge in [-0.1, -0.05) is 54.6 Å². The summed E-state index contributed by atoms with van der Waals surface area (Å²) in [5, 5.41) is 4.50. The van der Waals surface area contributed by atoms with E-state index in [1.165, 1.54) is 0 Å². The van der Waals surface area contributed by atoms with E-state index in [9.17, 15) is 4.79 Å². The number of nitrogens with zero attached hydrogens (tertiary/aromatic N) is 3. The summed E-state index contributed by atoms with van der Waals surface area (Å²) >= 11 is 0. The zero-order chi connectivity index (χ0) is 15.4. The van der Waals surface area contributed by atoms with E-state index in [2.05, 4.69) is 10.1 Å². The molecule has 0 N–H and O–H groups in total. The van der Waals surface area contributed by atoms with Crippen molar-refractivity contribution < 1.29 is 4.79 Å². The van der Waals surface area contributed by atoms with Gasteiger partial charge in [0.1, 0.15) is 0 Å². The molecule has 0 amide bonds. The molecule has 108 valence electrons. The summed E-state index contributed by atoms with van der Waals surface area (Å²) in [6.45, 7) is 0. The van der Waals surface area contributed by atoms with Crippen LogP contribution >= 0.6 is 0 Å². The lowest BCUT2D eigenvalue weighted by atomic mass is 10.1. The Hall–Kier alpha value is -3.27. The minimum Gasteiger partial charge on any atom is -0.288 e. The minimum absolute atomic E-state index is 0.0155. The highest BCUT2D eigenvalue weighted by atomic mass is 16.1. The molecule has 0 atom stereocenters. The van der Waals surface area contributed by atoms with Gasteiger partial charge in [-0.05, 0) is 5.56 Å². The van der Waals surface area contributed by atoms with Gasteiger partial charge in [0.2, 0.25) is 0 Å². The Kier molecular flexibility index (Phi) is 2.33. The molecule has 2 aromatic carbocycles. The van der Waals surface area contributed by atoms with Gasteiger partial charge in [0.15, 0.2) is 11.4 Å². The van der Waals surface area contributed by atoms with Crippen LogP contribution in [0.5, 0.6) is 0 Å². The molecule has 23 heavy (non-hydrogen) atoms. The quantitative estimate of drug-likeness (QED) is 0.475. The Morgan fingerprint density at radius 1 is 0.739 bits per heavy atom. The highest BCUT2D eigenvalue weighted by Crippen LogP contribution is 2.37. The second kappa shape index (κ2) is 4.36. The first kappa shape index (κ1) is 12.3.